The largest absolute Gasteiger partial charge is 0.324 e. The third-order valence-electron chi connectivity index (χ3n) is 3.21. The summed E-state index contributed by atoms with van der Waals surface area (Å²) in [5.41, 5.74) is 10.1. The van der Waals surface area contributed by atoms with E-state index in [1.54, 1.807) is 0 Å². The number of aryl methyl sites for hydroxylation is 1. The maximum absolute atomic E-state index is 6.20. The van der Waals surface area contributed by atoms with Crippen molar-refractivity contribution in [3.63, 3.8) is 0 Å². The average molecular weight is 264 g/mol. The zero-order valence-electron chi connectivity index (χ0n) is 10.9. The van der Waals surface area contributed by atoms with E-state index in [1.165, 1.54) is 0 Å². The molecule has 0 radical (unpaired) electrons. The van der Waals surface area contributed by atoms with Crippen LogP contribution in [0.4, 0.5) is 0 Å². The van der Waals surface area contributed by atoms with E-state index in [9.17, 15) is 0 Å². The maximum atomic E-state index is 6.20. The van der Waals surface area contributed by atoms with Crippen LogP contribution in [0.1, 0.15) is 36.3 Å². The summed E-state index contributed by atoms with van der Waals surface area (Å²) >= 11 is 6.20. The van der Waals surface area contributed by atoms with Gasteiger partial charge in [-0.1, -0.05) is 36.7 Å². The number of para-hydroxylation sites is 1. The van der Waals surface area contributed by atoms with Crippen molar-refractivity contribution in [2.45, 2.75) is 33.2 Å². The number of nitrogens with zero attached hydrogens (tertiary/aromatic N) is 2. The summed E-state index contributed by atoms with van der Waals surface area (Å²) in [4.78, 5) is 0. The van der Waals surface area contributed by atoms with Crippen LogP contribution in [-0.2, 0) is 0 Å². The minimum atomic E-state index is 0.0175. The zero-order valence-corrected chi connectivity index (χ0v) is 11.7. The SMILES string of the molecule is CCC(N)c1ccccc1-n1nc(C)c(Cl)c1C. The molecule has 18 heavy (non-hydrogen) atoms. The van der Waals surface area contributed by atoms with Crippen molar-refractivity contribution >= 4 is 11.6 Å². The van der Waals surface area contributed by atoms with E-state index in [0.29, 0.717) is 0 Å². The van der Waals surface area contributed by atoms with Gasteiger partial charge in [0, 0.05) is 6.04 Å². The molecular formula is C14H18ClN3. The first-order chi connectivity index (χ1) is 8.56. The molecule has 0 saturated heterocycles. The summed E-state index contributed by atoms with van der Waals surface area (Å²) < 4.78 is 1.88. The van der Waals surface area contributed by atoms with Gasteiger partial charge >= 0.3 is 0 Å². The number of halogens is 1. The molecule has 0 aliphatic rings. The van der Waals surface area contributed by atoms with Gasteiger partial charge < -0.3 is 5.73 Å². The van der Waals surface area contributed by atoms with Crippen LogP contribution < -0.4 is 5.73 Å². The molecule has 96 valence electrons. The summed E-state index contributed by atoms with van der Waals surface area (Å²) in [5, 5.41) is 5.20. The quantitative estimate of drug-likeness (QED) is 0.920. The van der Waals surface area contributed by atoms with E-state index in [1.807, 2.05) is 42.8 Å². The molecule has 3 nitrogen and oxygen atoms in total. The lowest BCUT2D eigenvalue weighted by Crippen LogP contribution is -2.13. The Morgan fingerprint density at radius 1 is 1.33 bits per heavy atom. The fourth-order valence-electron chi connectivity index (χ4n) is 2.07. The molecule has 2 aromatic rings. The average Bonchev–Trinajstić information content (AvgIpc) is 2.65. The smallest absolute Gasteiger partial charge is 0.0848 e. The molecule has 0 aliphatic heterocycles. The minimum absolute atomic E-state index is 0.0175. The van der Waals surface area contributed by atoms with Crippen LogP contribution in [0.5, 0.6) is 0 Å². The Balaban J connectivity index is 2.60. The van der Waals surface area contributed by atoms with Crippen molar-refractivity contribution in [3.8, 4) is 5.69 Å². The van der Waals surface area contributed by atoms with E-state index in [2.05, 4.69) is 12.0 Å². The Bertz CT molecular complexity index is 560. The highest BCUT2D eigenvalue weighted by atomic mass is 35.5. The van der Waals surface area contributed by atoms with Gasteiger partial charge in [-0.05, 0) is 31.9 Å². The molecule has 1 heterocycles. The van der Waals surface area contributed by atoms with Gasteiger partial charge in [0.05, 0.1) is 22.1 Å². The summed E-state index contributed by atoms with van der Waals surface area (Å²) in [7, 11) is 0. The predicted molar refractivity (Wildman–Crippen MR) is 75.3 cm³/mol. The second-order valence-corrected chi connectivity index (χ2v) is 4.85. The van der Waals surface area contributed by atoms with Crippen LogP contribution in [-0.4, -0.2) is 9.78 Å². The van der Waals surface area contributed by atoms with Gasteiger partial charge in [0.15, 0.2) is 0 Å². The van der Waals surface area contributed by atoms with E-state index >= 15 is 0 Å². The topological polar surface area (TPSA) is 43.8 Å². The first-order valence-corrected chi connectivity index (χ1v) is 6.50. The summed E-state index contributed by atoms with van der Waals surface area (Å²) in [5.74, 6) is 0. The van der Waals surface area contributed by atoms with Crippen molar-refractivity contribution in [1.82, 2.24) is 9.78 Å². The molecule has 1 aromatic heterocycles. The second-order valence-electron chi connectivity index (χ2n) is 4.47. The van der Waals surface area contributed by atoms with Crippen molar-refractivity contribution in [2.75, 3.05) is 0 Å². The van der Waals surface area contributed by atoms with E-state index < -0.39 is 0 Å². The first kappa shape index (κ1) is 13.1. The molecule has 1 aromatic carbocycles. The number of aromatic nitrogens is 2. The third-order valence-corrected chi connectivity index (χ3v) is 3.75. The van der Waals surface area contributed by atoms with Gasteiger partial charge in [0.2, 0.25) is 0 Å². The fourth-order valence-corrected chi connectivity index (χ4v) is 2.19. The Hall–Kier alpha value is -1.32. The second kappa shape index (κ2) is 5.12. The Morgan fingerprint density at radius 2 is 2.00 bits per heavy atom. The third kappa shape index (κ3) is 2.16. The maximum Gasteiger partial charge on any atom is 0.0848 e. The van der Waals surface area contributed by atoms with Gasteiger partial charge in [-0.25, -0.2) is 4.68 Å². The monoisotopic (exact) mass is 263 g/mol. The van der Waals surface area contributed by atoms with Gasteiger partial charge in [0.1, 0.15) is 0 Å². The highest BCUT2D eigenvalue weighted by molar-refractivity contribution is 6.31. The van der Waals surface area contributed by atoms with Crippen LogP contribution in [0, 0.1) is 13.8 Å². The van der Waals surface area contributed by atoms with Gasteiger partial charge in [0.25, 0.3) is 0 Å². The Labute approximate surface area is 113 Å². The number of hydrogen-bond acceptors (Lipinski definition) is 2. The minimum Gasteiger partial charge on any atom is -0.324 e. The van der Waals surface area contributed by atoms with Crippen molar-refractivity contribution in [1.29, 1.82) is 0 Å². The van der Waals surface area contributed by atoms with Crippen molar-refractivity contribution in [2.24, 2.45) is 5.73 Å². The summed E-state index contributed by atoms with van der Waals surface area (Å²) in [6.45, 7) is 5.96. The molecule has 1 atom stereocenters. The molecule has 0 amide bonds. The lowest BCUT2D eigenvalue weighted by Gasteiger charge is -2.15. The Morgan fingerprint density at radius 3 is 2.56 bits per heavy atom. The van der Waals surface area contributed by atoms with Gasteiger partial charge in [-0.3, -0.25) is 0 Å². The Kier molecular flexibility index (Phi) is 3.73. The molecular weight excluding hydrogens is 246 g/mol. The molecule has 2 rings (SSSR count). The molecule has 0 spiro atoms. The predicted octanol–water partition coefficient (Wildman–Crippen LogP) is 3.55. The van der Waals surface area contributed by atoms with Crippen LogP contribution in [0.2, 0.25) is 5.02 Å². The zero-order chi connectivity index (χ0) is 13.3. The van der Waals surface area contributed by atoms with Gasteiger partial charge in [-0.2, -0.15) is 5.10 Å². The number of benzene rings is 1. The van der Waals surface area contributed by atoms with Crippen LogP contribution in [0.25, 0.3) is 5.69 Å². The normalized spacial score (nSPS) is 12.7. The molecule has 0 bridgehead atoms. The highest BCUT2D eigenvalue weighted by Gasteiger charge is 2.15. The summed E-state index contributed by atoms with van der Waals surface area (Å²) in [6.07, 6.45) is 0.893. The van der Waals surface area contributed by atoms with E-state index in [-0.39, 0.29) is 6.04 Å². The number of rotatable bonds is 3. The van der Waals surface area contributed by atoms with E-state index in [0.717, 1.165) is 34.1 Å². The molecule has 2 N–H and O–H groups in total. The molecule has 1 unspecified atom stereocenters. The van der Waals surface area contributed by atoms with Crippen molar-refractivity contribution in [3.05, 3.63) is 46.2 Å². The number of nitrogens with two attached hydrogens (primary N) is 1. The molecule has 0 aliphatic carbocycles. The molecule has 0 saturated carbocycles. The van der Waals surface area contributed by atoms with Gasteiger partial charge in [-0.15, -0.1) is 0 Å². The highest BCUT2D eigenvalue weighted by Crippen LogP contribution is 2.27. The first-order valence-electron chi connectivity index (χ1n) is 6.12. The molecule has 4 heteroatoms. The summed E-state index contributed by atoms with van der Waals surface area (Å²) in [6, 6.07) is 8.09. The lowest BCUT2D eigenvalue weighted by atomic mass is 10.0. The number of hydrogen-bond donors (Lipinski definition) is 1. The van der Waals surface area contributed by atoms with Crippen LogP contribution in [0.3, 0.4) is 0 Å². The fraction of sp³-hybridized carbons (Fsp3) is 0.357. The van der Waals surface area contributed by atoms with E-state index in [4.69, 9.17) is 17.3 Å². The molecule has 0 fully saturated rings. The lowest BCUT2D eigenvalue weighted by molar-refractivity contribution is 0.683. The standard InChI is InChI=1S/C14H18ClN3/c1-4-12(16)11-7-5-6-8-13(11)18-10(3)14(15)9(2)17-18/h5-8,12H,4,16H2,1-3H3. The van der Waals surface area contributed by atoms with Crippen LogP contribution in [0.15, 0.2) is 24.3 Å². The van der Waals surface area contributed by atoms with Crippen molar-refractivity contribution < 1.29 is 0 Å². The van der Waals surface area contributed by atoms with Crippen LogP contribution >= 0.6 is 11.6 Å².